The number of hydrogen-bond acceptors (Lipinski definition) is 5. The second-order valence-corrected chi connectivity index (χ2v) is 5.17. The maximum absolute atomic E-state index is 11.7. The van der Waals surface area contributed by atoms with Crippen molar-refractivity contribution in [2.75, 3.05) is 6.54 Å². The molecule has 21 heavy (non-hydrogen) atoms. The summed E-state index contributed by atoms with van der Waals surface area (Å²) in [5.41, 5.74) is 0.312. The molecular formula is C14H13N3O3S. The quantitative estimate of drug-likeness (QED) is 0.878. The van der Waals surface area contributed by atoms with E-state index in [-0.39, 0.29) is 11.6 Å². The fourth-order valence-electron chi connectivity index (χ4n) is 1.58. The predicted octanol–water partition coefficient (Wildman–Crippen LogP) is 2.08. The summed E-state index contributed by atoms with van der Waals surface area (Å²) in [7, 11) is 0. The Bertz CT molecular complexity index is 676. The van der Waals surface area contributed by atoms with Gasteiger partial charge >= 0.3 is 5.97 Å². The topological polar surface area (TPSA) is 92.2 Å². The minimum atomic E-state index is -1.07. The average Bonchev–Trinajstić information content (AvgIpc) is 2.48. The van der Waals surface area contributed by atoms with Crippen LogP contribution in [0.15, 0.2) is 46.5 Å². The Kier molecular flexibility index (Phi) is 4.89. The summed E-state index contributed by atoms with van der Waals surface area (Å²) in [5, 5.41) is 11.6. The molecule has 6 nitrogen and oxygen atoms in total. The Morgan fingerprint density at radius 3 is 2.29 bits per heavy atom. The zero-order valence-electron chi connectivity index (χ0n) is 11.2. The van der Waals surface area contributed by atoms with Crippen molar-refractivity contribution in [3.63, 3.8) is 0 Å². The van der Waals surface area contributed by atoms with Crippen LogP contribution in [0.1, 0.15) is 27.9 Å². The zero-order valence-corrected chi connectivity index (χ0v) is 12.1. The molecule has 0 aliphatic rings. The molecule has 0 bridgehead atoms. The molecular weight excluding hydrogens is 290 g/mol. The van der Waals surface area contributed by atoms with E-state index in [1.165, 1.54) is 24.0 Å². The van der Waals surface area contributed by atoms with Crippen LogP contribution in [0, 0.1) is 0 Å². The molecule has 108 valence electrons. The highest BCUT2D eigenvalue weighted by Crippen LogP contribution is 2.27. The van der Waals surface area contributed by atoms with Crippen molar-refractivity contribution in [3.05, 3.63) is 48.0 Å². The fraction of sp³-hybridized carbons (Fsp3) is 0.143. The van der Waals surface area contributed by atoms with Crippen LogP contribution in [-0.2, 0) is 0 Å². The molecule has 0 fully saturated rings. The van der Waals surface area contributed by atoms with Gasteiger partial charge in [0.1, 0.15) is 11.4 Å². The van der Waals surface area contributed by atoms with Crippen LogP contribution in [0.5, 0.6) is 0 Å². The summed E-state index contributed by atoms with van der Waals surface area (Å²) in [6, 6.07) is 6.62. The monoisotopic (exact) mass is 303 g/mol. The van der Waals surface area contributed by atoms with E-state index < -0.39 is 5.97 Å². The molecule has 0 saturated heterocycles. The van der Waals surface area contributed by atoms with Gasteiger partial charge in [0, 0.05) is 28.7 Å². The van der Waals surface area contributed by atoms with Gasteiger partial charge in [0.05, 0.1) is 0 Å². The molecule has 2 rings (SSSR count). The molecule has 7 heteroatoms. The van der Waals surface area contributed by atoms with Gasteiger partial charge in [0.15, 0.2) is 0 Å². The minimum absolute atomic E-state index is 0.0157. The summed E-state index contributed by atoms with van der Waals surface area (Å²) < 4.78 is 0. The molecule has 0 saturated carbocycles. The summed E-state index contributed by atoms with van der Waals surface area (Å²) in [6.07, 6.45) is 2.99. The Morgan fingerprint density at radius 1 is 1.14 bits per heavy atom. The van der Waals surface area contributed by atoms with Crippen LogP contribution in [-0.4, -0.2) is 33.5 Å². The highest BCUT2D eigenvalue weighted by Gasteiger charge is 2.09. The van der Waals surface area contributed by atoms with Crippen LogP contribution >= 0.6 is 11.8 Å². The van der Waals surface area contributed by atoms with Crippen LogP contribution in [0.3, 0.4) is 0 Å². The lowest BCUT2D eigenvalue weighted by atomic mass is 10.3. The maximum Gasteiger partial charge on any atom is 0.354 e. The third-order valence-electron chi connectivity index (χ3n) is 2.49. The van der Waals surface area contributed by atoms with Crippen LogP contribution in [0.25, 0.3) is 0 Å². The lowest BCUT2D eigenvalue weighted by Crippen LogP contribution is -2.23. The van der Waals surface area contributed by atoms with E-state index in [1.54, 1.807) is 24.4 Å². The van der Waals surface area contributed by atoms with Crippen molar-refractivity contribution in [1.29, 1.82) is 0 Å². The first-order chi connectivity index (χ1) is 10.1. The molecule has 1 amide bonds. The zero-order chi connectivity index (χ0) is 15.2. The molecule has 2 N–H and O–H groups in total. The van der Waals surface area contributed by atoms with E-state index >= 15 is 0 Å². The molecule has 2 heterocycles. The maximum atomic E-state index is 11.7. The Labute approximate surface area is 125 Å². The number of pyridine rings is 2. The number of carbonyl (C=O) groups excluding carboxylic acids is 1. The molecule has 0 aromatic carbocycles. The van der Waals surface area contributed by atoms with Gasteiger partial charge in [-0.05, 0) is 31.2 Å². The second kappa shape index (κ2) is 6.85. The van der Waals surface area contributed by atoms with Crippen LogP contribution in [0.2, 0.25) is 0 Å². The van der Waals surface area contributed by atoms with E-state index in [0.29, 0.717) is 12.2 Å². The predicted molar refractivity (Wildman–Crippen MR) is 77.6 cm³/mol. The SMILES string of the molecule is CCNC(=O)c1cc(Sc2ccnc(C(=O)O)c2)ccn1. The first-order valence-electron chi connectivity index (χ1n) is 6.21. The summed E-state index contributed by atoms with van der Waals surface area (Å²) in [6.45, 7) is 2.37. The van der Waals surface area contributed by atoms with Gasteiger partial charge in [0.25, 0.3) is 5.91 Å². The van der Waals surface area contributed by atoms with Gasteiger partial charge in [-0.1, -0.05) is 11.8 Å². The van der Waals surface area contributed by atoms with E-state index in [0.717, 1.165) is 9.79 Å². The number of amides is 1. The van der Waals surface area contributed by atoms with Crippen LogP contribution < -0.4 is 5.32 Å². The van der Waals surface area contributed by atoms with Gasteiger partial charge in [-0.15, -0.1) is 0 Å². The molecule has 0 aliphatic heterocycles. The van der Waals surface area contributed by atoms with Crippen LogP contribution in [0.4, 0.5) is 0 Å². The van der Waals surface area contributed by atoms with E-state index in [1.807, 2.05) is 6.92 Å². The normalized spacial score (nSPS) is 10.1. The molecule has 2 aromatic heterocycles. The standard InChI is InChI=1S/C14H13N3O3S/c1-2-15-13(18)11-7-9(3-5-16-11)21-10-4-6-17-12(8-10)14(19)20/h3-8H,2H2,1H3,(H,15,18)(H,19,20). The molecule has 0 atom stereocenters. The van der Waals surface area contributed by atoms with Crippen molar-refractivity contribution in [3.8, 4) is 0 Å². The number of rotatable bonds is 5. The van der Waals surface area contributed by atoms with Crippen molar-refractivity contribution in [1.82, 2.24) is 15.3 Å². The number of aromatic carboxylic acids is 1. The largest absolute Gasteiger partial charge is 0.477 e. The highest BCUT2D eigenvalue weighted by atomic mass is 32.2. The third kappa shape index (κ3) is 4.03. The van der Waals surface area contributed by atoms with Gasteiger partial charge < -0.3 is 10.4 Å². The van der Waals surface area contributed by atoms with E-state index in [4.69, 9.17) is 5.11 Å². The highest BCUT2D eigenvalue weighted by molar-refractivity contribution is 7.99. The van der Waals surface area contributed by atoms with E-state index in [9.17, 15) is 9.59 Å². The van der Waals surface area contributed by atoms with Crippen molar-refractivity contribution >= 4 is 23.6 Å². The number of carboxylic acid groups (broad SMARTS) is 1. The molecule has 0 aliphatic carbocycles. The first-order valence-corrected chi connectivity index (χ1v) is 7.03. The van der Waals surface area contributed by atoms with Crippen molar-refractivity contribution < 1.29 is 14.7 Å². The van der Waals surface area contributed by atoms with Gasteiger partial charge in [0.2, 0.25) is 0 Å². The van der Waals surface area contributed by atoms with Gasteiger partial charge in [-0.25, -0.2) is 9.78 Å². The number of nitrogens with zero attached hydrogens (tertiary/aromatic N) is 2. The number of carboxylic acids is 1. The Morgan fingerprint density at radius 2 is 1.71 bits per heavy atom. The summed E-state index contributed by atoms with van der Waals surface area (Å²) in [5.74, 6) is -1.31. The molecule has 2 aromatic rings. The van der Waals surface area contributed by atoms with Crippen molar-refractivity contribution in [2.24, 2.45) is 0 Å². The van der Waals surface area contributed by atoms with E-state index in [2.05, 4.69) is 15.3 Å². The lowest BCUT2D eigenvalue weighted by Gasteiger charge is -2.05. The lowest BCUT2D eigenvalue weighted by molar-refractivity contribution is 0.0690. The number of nitrogens with one attached hydrogen (secondary N) is 1. The molecule has 0 radical (unpaired) electrons. The second-order valence-electron chi connectivity index (χ2n) is 4.02. The first kappa shape index (κ1) is 15.0. The summed E-state index contributed by atoms with van der Waals surface area (Å²) in [4.78, 5) is 31.9. The average molecular weight is 303 g/mol. The minimum Gasteiger partial charge on any atom is -0.477 e. The smallest absolute Gasteiger partial charge is 0.354 e. The molecule has 0 unspecified atom stereocenters. The number of carbonyl (C=O) groups is 2. The Hall–Kier alpha value is -2.41. The fourth-order valence-corrected chi connectivity index (χ4v) is 2.45. The number of aromatic nitrogens is 2. The third-order valence-corrected chi connectivity index (χ3v) is 3.47. The summed E-state index contributed by atoms with van der Waals surface area (Å²) >= 11 is 1.35. The van der Waals surface area contributed by atoms with Crippen molar-refractivity contribution in [2.45, 2.75) is 16.7 Å². The number of hydrogen-bond donors (Lipinski definition) is 2. The van der Waals surface area contributed by atoms with Gasteiger partial charge in [-0.3, -0.25) is 9.78 Å². The Balaban J connectivity index is 2.20. The molecule has 0 spiro atoms. The van der Waals surface area contributed by atoms with Gasteiger partial charge in [-0.2, -0.15) is 0 Å².